The van der Waals surface area contributed by atoms with E-state index in [4.69, 9.17) is 19.3 Å². The Labute approximate surface area is 137 Å². The molecule has 0 aromatic rings. The van der Waals surface area contributed by atoms with Gasteiger partial charge in [-0.05, 0) is 12.3 Å². The minimum absolute atomic E-state index is 0.0695. The van der Waals surface area contributed by atoms with Crippen LogP contribution < -0.4 is 0 Å². The molecule has 1 N–H and O–H groups in total. The smallest absolute Gasteiger partial charge is 0.0701 e. The van der Waals surface area contributed by atoms with Gasteiger partial charge < -0.3 is 19.3 Å². The van der Waals surface area contributed by atoms with Crippen molar-refractivity contribution in [1.29, 1.82) is 0 Å². The van der Waals surface area contributed by atoms with Crippen LogP contribution in [0.1, 0.15) is 65.2 Å². The van der Waals surface area contributed by atoms with Crippen molar-refractivity contribution in [3.05, 3.63) is 0 Å². The van der Waals surface area contributed by atoms with E-state index < -0.39 is 0 Å². The van der Waals surface area contributed by atoms with Crippen LogP contribution in [0.5, 0.6) is 0 Å². The van der Waals surface area contributed by atoms with Gasteiger partial charge in [0.15, 0.2) is 0 Å². The third kappa shape index (κ3) is 17.9. The van der Waals surface area contributed by atoms with E-state index in [2.05, 4.69) is 13.8 Å². The molecule has 4 heteroatoms. The quantitative estimate of drug-likeness (QED) is 0.390. The third-order valence-corrected chi connectivity index (χ3v) is 3.79. The number of aliphatic hydroxyl groups excluding tert-OH is 1. The van der Waals surface area contributed by atoms with E-state index in [1.165, 1.54) is 44.9 Å². The molecule has 134 valence electrons. The number of hydrogen-bond acceptors (Lipinski definition) is 4. The van der Waals surface area contributed by atoms with Gasteiger partial charge >= 0.3 is 0 Å². The molecule has 0 saturated heterocycles. The van der Waals surface area contributed by atoms with Gasteiger partial charge in [-0.3, -0.25) is 0 Å². The normalized spacial score (nSPS) is 12.7. The first-order valence-corrected chi connectivity index (χ1v) is 9.15. The predicted octanol–water partition coefficient (Wildman–Crippen LogP) is 3.81. The SMILES string of the molecule is CCCCCCCCC(C)CCOCCOCCOCCO. The summed E-state index contributed by atoms with van der Waals surface area (Å²) in [5, 5.41) is 8.53. The molecule has 0 radical (unpaired) electrons. The van der Waals surface area contributed by atoms with E-state index in [1.54, 1.807) is 0 Å². The Morgan fingerprint density at radius 3 is 1.86 bits per heavy atom. The fourth-order valence-corrected chi connectivity index (χ4v) is 2.31. The fourth-order valence-electron chi connectivity index (χ4n) is 2.31. The van der Waals surface area contributed by atoms with Gasteiger partial charge in [-0.25, -0.2) is 0 Å². The van der Waals surface area contributed by atoms with Crippen LogP contribution in [0.15, 0.2) is 0 Å². The molecule has 0 rings (SSSR count). The topological polar surface area (TPSA) is 47.9 Å². The minimum Gasteiger partial charge on any atom is -0.394 e. The van der Waals surface area contributed by atoms with E-state index in [1.807, 2.05) is 0 Å². The highest BCUT2D eigenvalue weighted by Gasteiger charge is 2.02. The summed E-state index contributed by atoms with van der Waals surface area (Å²) < 4.78 is 16.0. The van der Waals surface area contributed by atoms with Crippen molar-refractivity contribution < 1.29 is 19.3 Å². The molecule has 0 aliphatic heterocycles. The molecule has 0 aliphatic rings. The van der Waals surface area contributed by atoms with Crippen molar-refractivity contribution in [2.75, 3.05) is 46.2 Å². The Hall–Kier alpha value is -0.160. The summed E-state index contributed by atoms with van der Waals surface area (Å²) in [6.07, 6.45) is 10.7. The molecule has 0 aliphatic carbocycles. The van der Waals surface area contributed by atoms with Crippen molar-refractivity contribution in [3.63, 3.8) is 0 Å². The van der Waals surface area contributed by atoms with Crippen LogP contribution in [0.25, 0.3) is 0 Å². The van der Waals surface area contributed by atoms with Crippen molar-refractivity contribution >= 4 is 0 Å². The lowest BCUT2D eigenvalue weighted by Gasteiger charge is -2.11. The van der Waals surface area contributed by atoms with Gasteiger partial charge in [0.1, 0.15) is 0 Å². The molecule has 0 spiro atoms. The Balaban J connectivity index is 3.10. The van der Waals surface area contributed by atoms with Crippen LogP contribution in [0.2, 0.25) is 0 Å². The Bertz CT molecular complexity index is 200. The summed E-state index contributed by atoms with van der Waals surface area (Å²) in [6, 6.07) is 0. The molecule has 0 fully saturated rings. The van der Waals surface area contributed by atoms with E-state index in [-0.39, 0.29) is 6.61 Å². The molecular formula is C18H38O4. The standard InChI is InChI=1S/C18H38O4/c1-3-4-5-6-7-8-9-18(2)10-12-20-14-16-22-17-15-21-13-11-19/h18-19H,3-17H2,1-2H3. The Kier molecular flexibility index (Phi) is 18.8. The van der Waals surface area contributed by atoms with E-state index in [0.29, 0.717) is 33.0 Å². The summed E-state index contributed by atoms with van der Waals surface area (Å²) in [7, 11) is 0. The molecule has 1 unspecified atom stereocenters. The first kappa shape index (κ1) is 21.8. The van der Waals surface area contributed by atoms with Crippen LogP contribution in [0.3, 0.4) is 0 Å². The molecule has 0 aromatic carbocycles. The van der Waals surface area contributed by atoms with Crippen LogP contribution in [0.4, 0.5) is 0 Å². The average Bonchev–Trinajstić information content (AvgIpc) is 2.52. The monoisotopic (exact) mass is 318 g/mol. The number of rotatable bonds is 18. The van der Waals surface area contributed by atoms with Crippen molar-refractivity contribution in [2.45, 2.75) is 65.2 Å². The van der Waals surface area contributed by atoms with Crippen LogP contribution >= 0.6 is 0 Å². The maximum absolute atomic E-state index is 8.53. The van der Waals surface area contributed by atoms with E-state index >= 15 is 0 Å². The highest BCUT2D eigenvalue weighted by molar-refractivity contribution is 4.54. The number of unbranched alkanes of at least 4 members (excludes halogenated alkanes) is 5. The van der Waals surface area contributed by atoms with E-state index in [0.717, 1.165) is 18.9 Å². The molecule has 0 saturated carbocycles. The van der Waals surface area contributed by atoms with Gasteiger partial charge in [0.25, 0.3) is 0 Å². The predicted molar refractivity (Wildman–Crippen MR) is 91.3 cm³/mol. The summed E-state index contributed by atoms with van der Waals surface area (Å²) in [4.78, 5) is 0. The Morgan fingerprint density at radius 2 is 1.23 bits per heavy atom. The maximum atomic E-state index is 8.53. The summed E-state index contributed by atoms with van der Waals surface area (Å²) in [5.74, 6) is 0.763. The Morgan fingerprint density at radius 1 is 0.682 bits per heavy atom. The molecule has 0 amide bonds. The molecule has 0 aromatic heterocycles. The lowest BCUT2D eigenvalue weighted by molar-refractivity contribution is 0.00601. The summed E-state index contributed by atoms with van der Waals surface area (Å²) in [6.45, 7) is 8.26. The maximum Gasteiger partial charge on any atom is 0.0701 e. The van der Waals surface area contributed by atoms with Crippen molar-refractivity contribution in [1.82, 2.24) is 0 Å². The van der Waals surface area contributed by atoms with Crippen LogP contribution in [-0.4, -0.2) is 51.4 Å². The van der Waals surface area contributed by atoms with Gasteiger partial charge in [0.05, 0.1) is 39.6 Å². The highest BCUT2D eigenvalue weighted by atomic mass is 16.5. The van der Waals surface area contributed by atoms with Gasteiger partial charge in [-0.1, -0.05) is 58.8 Å². The molecule has 0 heterocycles. The fraction of sp³-hybridized carbons (Fsp3) is 1.00. The first-order valence-electron chi connectivity index (χ1n) is 9.15. The lowest BCUT2D eigenvalue weighted by atomic mass is 9.99. The zero-order chi connectivity index (χ0) is 16.3. The van der Waals surface area contributed by atoms with Crippen LogP contribution in [0, 0.1) is 5.92 Å². The molecule has 4 nitrogen and oxygen atoms in total. The second-order valence-electron chi connectivity index (χ2n) is 6.01. The van der Waals surface area contributed by atoms with Crippen LogP contribution in [-0.2, 0) is 14.2 Å². The van der Waals surface area contributed by atoms with Gasteiger partial charge in [0, 0.05) is 6.61 Å². The molecule has 0 bridgehead atoms. The van der Waals surface area contributed by atoms with Crippen molar-refractivity contribution in [3.8, 4) is 0 Å². The summed E-state index contributed by atoms with van der Waals surface area (Å²) in [5.41, 5.74) is 0. The number of aliphatic hydroxyl groups is 1. The number of ether oxygens (including phenoxy) is 3. The second kappa shape index (κ2) is 18.9. The van der Waals surface area contributed by atoms with Gasteiger partial charge in [0.2, 0.25) is 0 Å². The molecule has 1 atom stereocenters. The average molecular weight is 318 g/mol. The van der Waals surface area contributed by atoms with Gasteiger partial charge in [-0.2, -0.15) is 0 Å². The molecular weight excluding hydrogens is 280 g/mol. The number of hydrogen-bond donors (Lipinski definition) is 1. The van der Waals surface area contributed by atoms with Gasteiger partial charge in [-0.15, -0.1) is 0 Å². The highest BCUT2D eigenvalue weighted by Crippen LogP contribution is 2.14. The lowest BCUT2D eigenvalue weighted by Crippen LogP contribution is -2.11. The summed E-state index contributed by atoms with van der Waals surface area (Å²) >= 11 is 0. The first-order chi connectivity index (χ1) is 10.8. The zero-order valence-corrected chi connectivity index (χ0v) is 14.9. The minimum atomic E-state index is 0.0695. The second-order valence-corrected chi connectivity index (χ2v) is 6.01. The van der Waals surface area contributed by atoms with E-state index in [9.17, 15) is 0 Å². The molecule has 22 heavy (non-hydrogen) atoms. The zero-order valence-electron chi connectivity index (χ0n) is 14.9. The third-order valence-electron chi connectivity index (χ3n) is 3.79. The largest absolute Gasteiger partial charge is 0.394 e. The van der Waals surface area contributed by atoms with Crippen molar-refractivity contribution in [2.24, 2.45) is 5.92 Å².